The van der Waals surface area contributed by atoms with Crippen LogP contribution in [0.3, 0.4) is 0 Å². The molecule has 6 nitrogen and oxygen atoms in total. The summed E-state index contributed by atoms with van der Waals surface area (Å²) < 4.78 is 1.32. The number of hydrogen-bond acceptors (Lipinski definition) is 3. The molecule has 1 amide bonds. The molecule has 6 heteroatoms. The highest BCUT2D eigenvalue weighted by molar-refractivity contribution is 6.05. The molecule has 1 fully saturated rings. The Bertz CT molecular complexity index is 1040. The van der Waals surface area contributed by atoms with E-state index in [-0.39, 0.29) is 17.5 Å². The highest BCUT2D eigenvalue weighted by Gasteiger charge is 2.25. The van der Waals surface area contributed by atoms with Crippen LogP contribution in [-0.2, 0) is 0 Å². The summed E-state index contributed by atoms with van der Waals surface area (Å²) in [6.45, 7) is 5.45. The quantitative estimate of drug-likeness (QED) is 0.718. The average molecular weight is 377 g/mol. The molecule has 2 heterocycles. The molecule has 144 valence electrons. The number of nitrogens with one attached hydrogen (secondary N) is 2. The highest BCUT2D eigenvalue weighted by Crippen LogP contribution is 2.16. The van der Waals surface area contributed by atoms with E-state index in [1.165, 1.54) is 4.68 Å². The van der Waals surface area contributed by atoms with E-state index in [1.54, 1.807) is 17.0 Å². The number of aromatic nitrogens is 2. The third kappa shape index (κ3) is 3.55. The van der Waals surface area contributed by atoms with Gasteiger partial charge in [0.15, 0.2) is 5.69 Å². The minimum Gasteiger partial charge on any atom is -0.347 e. The summed E-state index contributed by atoms with van der Waals surface area (Å²) in [5.74, 6) is -0.217. The first-order valence-electron chi connectivity index (χ1n) is 9.89. The van der Waals surface area contributed by atoms with Crippen LogP contribution in [0.15, 0.2) is 59.4 Å². The van der Waals surface area contributed by atoms with Crippen LogP contribution in [0, 0.1) is 0 Å². The third-order valence-electron chi connectivity index (χ3n) is 5.55. The van der Waals surface area contributed by atoms with Crippen LogP contribution < -0.4 is 15.8 Å². The maximum absolute atomic E-state index is 13.1. The van der Waals surface area contributed by atoms with Crippen LogP contribution in [0.25, 0.3) is 16.5 Å². The standard InChI is InChI=1S/C22H24N4O2/c1-2-25-14-12-16(13-15-25)23-21(27)20-18-10-6-7-11-19(18)22(28)26(24-20)17-8-4-3-5-9-17/h3-11,16H,2,12-15H2,1H3,(H,23,27)/p+1. The number of hydrogen-bond donors (Lipinski definition) is 2. The summed E-state index contributed by atoms with van der Waals surface area (Å²) in [5, 5.41) is 8.68. The monoisotopic (exact) mass is 377 g/mol. The SMILES string of the molecule is CC[NH+]1CCC(NC(=O)c2nn(-c3ccccc3)c(=O)c3ccccc23)CC1. The van der Waals surface area contributed by atoms with Gasteiger partial charge in [0.1, 0.15) is 0 Å². The number of likely N-dealkylation sites (tertiary alicyclic amines) is 1. The van der Waals surface area contributed by atoms with Gasteiger partial charge < -0.3 is 10.2 Å². The maximum atomic E-state index is 13.1. The van der Waals surface area contributed by atoms with Crippen molar-refractivity contribution in [3.8, 4) is 5.69 Å². The number of para-hydroxylation sites is 1. The number of benzene rings is 2. The molecule has 28 heavy (non-hydrogen) atoms. The molecule has 0 saturated carbocycles. The van der Waals surface area contributed by atoms with Crippen LogP contribution in [0.4, 0.5) is 0 Å². The Morgan fingerprint density at radius 3 is 2.39 bits per heavy atom. The third-order valence-corrected chi connectivity index (χ3v) is 5.55. The number of carbonyl (C=O) groups is 1. The van der Waals surface area contributed by atoms with Gasteiger partial charge in [-0.1, -0.05) is 36.4 Å². The lowest BCUT2D eigenvalue weighted by Crippen LogP contribution is -3.13. The van der Waals surface area contributed by atoms with Crippen molar-refractivity contribution >= 4 is 16.7 Å². The molecule has 1 saturated heterocycles. The van der Waals surface area contributed by atoms with Crippen molar-refractivity contribution < 1.29 is 9.69 Å². The van der Waals surface area contributed by atoms with Gasteiger partial charge in [-0.3, -0.25) is 9.59 Å². The number of piperidine rings is 1. The van der Waals surface area contributed by atoms with E-state index in [1.807, 2.05) is 42.5 Å². The molecule has 4 rings (SSSR count). The van der Waals surface area contributed by atoms with Crippen LogP contribution in [0.5, 0.6) is 0 Å². The molecule has 2 aromatic carbocycles. The number of rotatable bonds is 4. The molecule has 0 bridgehead atoms. The fraction of sp³-hybridized carbons (Fsp3) is 0.318. The van der Waals surface area contributed by atoms with Gasteiger partial charge in [-0.15, -0.1) is 0 Å². The summed E-state index contributed by atoms with van der Waals surface area (Å²) in [7, 11) is 0. The number of carbonyl (C=O) groups excluding carboxylic acids is 1. The van der Waals surface area contributed by atoms with Crippen LogP contribution >= 0.6 is 0 Å². The van der Waals surface area contributed by atoms with E-state index in [0.717, 1.165) is 32.5 Å². The molecule has 3 aromatic rings. The first-order chi connectivity index (χ1) is 13.7. The Morgan fingerprint density at radius 1 is 1.07 bits per heavy atom. The van der Waals surface area contributed by atoms with Gasteiger partial charge in [0.25, 0.3) is 11.5 Å². The zero-order valence-electron chi connectivity index (χ0n) is 16.0. The van der Waals surface area contributed by atoms with Crippen molar-refractivity contribution in [1.82, 2.24) is 15.1 Å². The molecule has 0 unspecified atom stereocenters. The maximum Gasteiger partial charge on any atom is 0.279 e. The van der Waals surface area contributed by atoms with Gasteiger partial charge in [0.05, 0.1) is 30.7 Å². The Labute approximate surface area is 163 Å². The Kier molecular flexibility index (Phi) is 5.21. The van der Waals surface area contributed by atoms with E-state index in [4.69, 9.17) is 0 Å². The second-order valence-electron chi connectivity index (χ2n) is 7.30. The van der Waals surface area contributed by atoms with Crippen LogP contribution in [0.1, 0.15) is 30.3 Å². The lowest BCUT2D eigenvalue weighted by atomic mass is 10.0. The first kappa shape index (κ1) is 18.4. The minimum atomic E-state index is -0.224. The van der Waals surface area contributed by atoms with Crippen molar-refractivity contribution in [2.45, 2.75) is 25.8 Å². The van der Waals surface area contributed by atoms with E-state index >= 15 is 0 Å². The molecule has 1 aliphatic heterocycles. The van der Waals surface area contributed by atoms with Gasteiger partial charge in [-0.25, -0.2) is 0 Å². The number of quaternary nitrogens is 1. The molecule has 0 atom stereocenters. The Balaban J connectivity index is 1.71. The van der Waals surface area contributed by atoms with E-state index in [0.29, 0.717) is 22.2 Å². The molecule has 0 aliphatic carbocycles. The predicted octanol–water partition coefficient (Wildman–Crippen LogP) is 1.18. The second kappa shape index (κ2) is 7.94. The smallest absolute Gasteiger partial charge is 0.279 e. The zero-order valence-corrected chi connectivity index (χ0v) is 16.0. The lowest BCUT2D eigenvalue weighted by Gasteiger charge is -2.29. The van der Waals surface area contributed by atoms with Crippen LogP contribution in [0.2, 0.25) is 0 Å². The summed E-state index contributed by atoms with van der Waals surface area (Å²) >= 11 is 0. The zero-order chi connectivity index (χ0) is 19.5. The average Bonchev–Trinajstić information content (AvgIpc) is 2.75. The Morgan fingerprint density at radius 2 is 1.71 bits per heavy atom. The normalized spacial score (nSPS) is 19.5. The fourth-order valence-corrected chi connectivity index (χ4v) is 3.88. The first-order valence-corrected chi connectivity index (χ1v) is 9.89. The molecule has 0 spiro atoms. The van der Waals surface area contributed by atoms with Crippen molar-refractivity contribution in [2.24, 2.45) is 0 Å². The fourth-order valence-electron chi connectivity index (χ4n) is 3.88. The molecule has 0 radical (unpaired) electrons. The van der Waals surface area contributed by atoms with Gasteiger partial charge in [-0.05, 0) is 25.1 Å². The highest BCUT2D eigenvalue weighted by atomic mass is 16.2. The molecular formula is C22H25N4O2+. The predicted molar refractivity (Wildman–Crippen MR) is 109 cm³/mol. The number of amides is 1. The van der Waals surface area contributed by atoms with Gasteiger partial charge in [-0.2, -0.15) is 9.78 Å². The van der Waals surface area contributed by atoms with Crippen molar-refractivity contribution in [2.75, 3.05) is 19.6 Å². The summed E-state index contributed by atoms with van der Waals surface area (Å²) in [4.78, 5) is 27.6. The van der Waals surface area contributed by atoms with Crippen LogP contribution in [-0.4, -0.2) is 41.4 Å². The van der Waals surface area contributed by atoms with Gasteiger partial charge in [0.2, 0.25) is 0 Å². The minimum absolute atomic E-state index is 0.153. The molecule has 1 aromatic heterocycles. The Hall–Kier alpha value is -2.99. The molecule has 1 aliphatic rings. The summed E-state index contributed by atoms with van der Waals surface area (Å²) in [6, 6.07) is 16.5. The van der Waals surface area contributed by atoms with Crippen molar-refractivity contribution in [3.05, 3.63) is 70.6 Å². The summed E-state index contributed by atoms with van der Waals surface area (Å²) in [5.41, 5.74) is 0.717. The number of fused-ring (bicyclic) bond motifs is 1. The van der Waals surface area contributed by atoms with Gasteiger partial charge in [0, 0.05) is 24.3 Å². The van der Waals surface area contributed by atoms with E-state index in [2.05, 4.69) is 17.3 Å². The van der Waals surface area contributed by atoms with Crippen molar-refractivity contribution in [3.63, 3.8) is 0 Å². The second-order valence-corrected chi connectivity index (χ2v) is 7.30. The number of nitrogens with zero attached hydrogens (tertiary/aromatic N) is 2. The van der Waals surface area contributed by atoms with E-state index in [9.17, 15) is 9.59 Å². The molecule has 2 N–H and O–H groups in total. The largest absolute Gasteiger partial charge is 0.347 e. The summed E-state index contributed by atoms with van der Waals surface area (Å²) in [6.07, 6.45) is 1.93. The molecular weight excluding hydrogens is 352 g/mol. The topological polar surface area (TPSA) is 68.4 Å². The van der Waals surface area contributed by atoms with Gasteiger partial charge >= 0.3 is 0 Å². The van der Waals surface area contributed by atoms with E-state index < -0.39 is 0 Å². The van der Waals surface area contributed by atoms with Crippen molar-refractivity contribution in [1.29, 1.82) is 0 Å². The lowest BCUT2D eigenvalue weighted by molar-refractivity contribution is -0.903.